The summed E-state index contributed by atoms with van der Waals surface area (Å²) in [5, 5.41) is 21.4. The predicted molar refractivity (Wildman–Crippen MR) is 69.0 cm³/mol. The van der Waals surface area contributed by atoms with E-state index < -0.39 is 12.2 Å². The normalized spacial score (nSPS) is 14.2. The van der Waals surface area contributed by atoms with Crippen LogP contribution in [0.3, 0.4) is 0 Å². The maximum atomic E-state index is 12.3. The lowest BCUT2D eigenvalue weighted by atomic mass is 10.1. The molecule has 114 valence electrons. The van der Waals surface area contributed by atoms with Gasteiger partial charge in [-0.2, -0.15) is 8.78 Å². The molecule has 0 saturated carbocycles. The molecule has 0 aliphatic heterocycles. The largest absolute Gasteiger partial charge is 0.493 e. The van der Waals surface area contributed by atoms with Gasteiger partial charge in [0, 0.05) is 13.1 Å². The number of hydrogen-bond acceptors (Lipinski definition) is 5. The minimum Gasteiger partial charge on any atom is -0.493 e. The number of ether oxygens (including phenoxy) is 2. The number of aliphatic hydroxyl groups is 2. The number of hydrogen-bond donors (Lipinski definition) is 3. The molecule has 0 bridgehead atoms. The molecule has 0 saturated heterocycles. The van der Waals surface area contributed by atoms with Crippen LogP contribution in [-0.2, 0) is 6.54 Å². The van der Waals surface area contributed by atoms with E-state index in [0.717, 1.165) is 0 Å². The fraction of sp³-hybridized carbons (Fsp3) is 0.538. The smallest absolute Gasteiger partial charge is 0.387 e. The molecule has 0 amide bonds. The Morgan fingerprint density at radius 3 is 2.60 bits per heavy atom. The monoisotopic (exact) mass is 291 g/mol. The van der Waals surface area contributed by atoms with Crippen molar-refractivity contribution in [2.75, 3.05) is 20.3 Å². The maximum absolute atomic E-state index is 12.3. The molecular formula is C13H19F2NO4. The summed E-state index contributed by atoms with van der Waals surface area (Å²) >= 11 is 0. The fourth-order valence-electron chi connectivity index (χ4n) is 1.55. The van der Waals surface area contributed by atoms with E-state index in [0.29, 0.717) is 12.1 Å². The molecule has 7 heteroatoms. The zero-order valence-corrected chi connectivity index (χ0v) is 11.4. The van der Waals surface area contributed by atoms with Crippen molar-refractivity contribution in [3.05, 3.63) is 23.8 Å². The lowest BCUT2D eigenvalue weighted by Crippen LogP contribution is -2.40. The number of aliphatic hydroxyl groups excluding tert-OH is 1. The second-order valence-electron chi connectivity index (χ2n) is 4.62. The second-order valence-corrected chi connectivity index (χ2v) is 4.62. The molecule has 0 heterocycles. The molecule has 5 nitrogen and oxygen atoms in total. The zero-order chi connectivity index (χ0) is 15.2. The average Bonchev–Trinajstić information content (AvgIpc) is 2.38. The van der Waals surface area contributed by atoms with Gasteiger partial charge in [-0.25, -0.2) is 0 Å². The van der Waals surface area contributed by atoms with Crippen molar-refractivity contribution < 1.29 is 28.5 Å². The lowest BCUT2D eigenvalue weighted by molar-refractivity contribution is -0.0512. The predicted octanol–water partition coefficient (Wildman–Crippen LogP) is 1.13. The minimum absolute atomic E-state index is 0.0456. The third kappa shape index (κ3) is 5.28. The molecule has 0 aromatic heterocycles. The number of methoxy groups -OCH3 is 1. The molecule has 0 fully saturated rings. The van der Waals surface area contributed by atoms with Gasteiger partial charge in [-0.1, -0.05) is 6.07 Å². The summed E-state index contributed by atoms with van der Waals surface area (Å²) in [5.74, 6) is 0.173. The van der Waals surface area contributed by atoms with Gasteiger partial charge in [-0.05, 0) is 24.6 Å². The van der Waals surface area contributed by atoms with E-state index in [4.69, 9.17) is 9.84 Å². The molecule has 1 unspecified atom stereocenters. The van der Waals surface area contributed by atoms with Gasteiger partial charge in [-0.3, -0.25) is 0 Å². The second kappa shape index (κ2) is 7.37. The van der Waals surface area contributed by atoms with E-state index in [1.165, 1.54) is 26.2 Å². The summed E-state index contributed by atoms with van der Waals surface area (Å²) in [6, 6.07) is 4.66. The van der Waals surface area contributed by atoms with Crippen molar-refractivity contribution in [2.24, 2.45) is 0 Å². The summed E-state index contributed by atoms with van der Waals surface area (Å²) in [6.45, 7) is -1.32. The molecular weight excluding hydrogens is 272 g/mol. The zero-order valence-electron chi connectivity index (χ0n) is 11.4. The molecule has 0 spiro atoms. The van der Waals surface area contributed by atoms with Gasteiger partial charge >= 0.3 is 6.61 Å². The van der Waals surface area contributed by atoms with E-state index in [1.807, 2.05) is 0 Å². The van der Waals surface area contributed by atoms with Crippen molar-refractivity contribution in [1.82, 2.24) is 5.32 Å². The Hall–Kier alpha value is -1.44. The Morgan fingerprint density at radius 1 is 1.35 bits per heavy atom. The first-order chi connectivity index (χ1) is 9.38. The van der Waals surface area contributed by atoms with Crippen molar-refractivity contribution >= 4 is 0 Å². The highest BCUT2D eigenvalue weighted by Gasteiger charge is 2.18. The third-order valence-electron chi connectivity index (χ3n) is 2.62. The van der Waals surface area contributed by atoms with Gasteiger partial charge in [-0.15, -0.1) is 0 Å². The van der Waals surface area contributed by atoms with E-state index in [2.05, 4.69) is 10.1 Å². The summed E-state index contributed by atoms with van der Waals surface area (Å²) < 4.78 is 33.8. The lowest BCUT2D eigenvalue weighted by Gasteiger charge is -2.20. The van der Waals surface area contributed by atoms with Gasteiger partial charge < -0.3 is 25.0 Å². The van der Waals surface area contributed by atoms with Crippen LogP contribution in [0.4, 0.5) is 8.78 Å². The molecule has 1 rings (SSSR count). The number of rotatable bonds is 8. The molecule has 1 atom stereocenters. The van der Waals surface area contributed by atoms with Gasteiger partial charge in [0.2, 0.25) is 0 Å². The Labute approximate surface area is 116 Å². The summed E-state index contributed by atoms with van der Waals surface area (Å²) in [4.78, 5) is 0. The summed E-state index contributed by atoms with van der Waals surface area (Å²) in [6.07, 6.45) is 0. The van der Waals surface area contributed by atoms with Crippen LogP contribution in [-0.4, -0.2) is 42.7 Å². The molecule has 0 aliphatic carbocycles. The number of benzene rings is 1. The van der Waals surface area contributed by atoms with E-state index in [9.17, 15) is 13.9 Å². The molecule has 3 N–H and O–H groups in total. The standard InChI is InChI=1S/C13H19F2NO4/c1-13(18,8-17)7-16-6-9-3-4-10(19-2)11(5-9)20-12(14)15/h3-5,12,16-18H,6-8H2,1-2H3. The van der Waals surface area contributed by atoms with Crippen LogP contribution in [0, 0.1) is 0 Å². The van der Waals surface area contributed by atoms with Crippen LogP contribution in [0.1, 0.15) is 12.5 Å². The van der Waals surface area contributed by atoms with Crippen molar-refractivity contribution in [3.8, 4) is 11.5 Å². The third-order valence-corrected chi connectivity index (χ3v) is 2.62. The van der Waals surface area contributed by atoms with Crippen LogP contribution in [0.5, 0.6) is 11.5 Å². The topological polar surface area (TPSA) is 71.0 Å². The first-order valence-electron chi connectivity index (χ1n) is 6.03. The van der Waals surface area contributed by atoms with Gasteiger partial charge in [0.15, 0.2) is 11.5 Å². The molecule has 0 aliphatic rings. The van der Waals surface area contributed by atoms with Crippen LogP contribution in [0.25, 0.3) is 0 Å². The number of halogens is 2. The Bertz CT molecular complexity index is 427. The van der Waals surface area contributed by atoms with Crippen LogP contribution >= 0.6 is 0 Å². The van der Waals surface area contributed by atoms with Gasteiger partial charge in [0.05, 0.1) is 19.3 Å². The van der Waals surface area contributed by atoms with E-state index >= 15 is 0 Å². The van der Waals surface area contributed by atoms with Crippen molar-refractivity contribution in [2.45, 2.75) is 25.7 Å². The first kappa shape index (κ1) is 16.6. The number of nitrogens with one attached hydrogen (secondary N) is 1. The summed E-state index contributed by atoms with van der Waals surface area (Å²) in [5.41, 5.74) is -0.537. The highest BCUT2D eigenvalue weighted by atomic mass is 19.3. The van der Waals surface area contributed by atoms with E-state index in [1.54, 1.807) is 6.07 Å². The van der Waals surface area contributed by atoms with Crippen molar-refractivity contribution in [1.29, 1.82) is 0 Å². The molecule has 1 aromatic carbocycles. The average molecular weight is 291 g/mol. The van der Waals surface area contributed by atoms with Crippen LogP contribution < -0.4 is 14.8 Å². The van der Waals surface area contributed by atoms with E-state index in [-0.39, 0.29) is 24.7 Å². The minimum atomic E-state index is -2.93. The van der Waals surface area contributed by atoms with Crippen LogP contribution in [0.2, 0.25) is 0 Å². The molecule has 0 radical (unpaired) electrons. The first-order valence-corrected chi connectivity index (χ1v) is 6.03. The number of alkyl halides is 2. The SMILES string of the molecule is COc1ccc(CNCC(C)(O)CO)cc1OC(F)F. The highest BCUT2D eigenvalue weighted by molar-refractivity contribution is 5.42. The van der Waals surface area contributed by atoms with Gasteiger partial charge in [0.25, 0.3) is 0 Å². The van der Waals surface area contributed by atoms with Crippen LogP contribution in [0.15, 0.2) is 18.2 Å². The van der Waals surface area contributed by atoms with Gasteiger partial charge in [0.1, 0.15) is 0 Å². The summed E-state index contributed by atoms with van der Waals surface area (Å²) in [7, 11) is 1.37. The quantitative estimate of drug-likeness (QED) is 0.670. The molecule has 1 aromatic rings. The fourth-order valence-corrected chi connectivity index (χ4v) is 1.55. The Morgan fingerprint density at radius 2 is 2.05 bits per heavy atom. The Kier molecular flexibility index (Phi) is 6.12. The van der Waals surface area contributed by atoms with Crippen molar-refractivity contribution in [3.63, 3.8) is 0 Å². The maximum Gasteiger partial charge on any atom is 0.387 e. The Balaban J connectivity index is 2.67. The molecule has 20 heavy (non-hydrogen) atoms. The highest BCUT2D eigenvalue weighted by Crippen LogP contribution is 2.29.